The monoisotopic (exact) mass is 366 g/mol. The summed E-state index contributed by atoms with van der Waals surface area (Å²) in [5, 5.41) is 3.03. The Kier molecular flexibility index (Phi) is 5.47. The molecule has 2 aliphatic heterocycles. The van der Waals surface area contributed by atoms with Gasteiger partial charge in [0.2, 0.25) is 5.91 Å². The van der Waals surface area contributed by atoms with Crippen molar-refractivity contribution in [2.45, 2.75) is 32.1 Å². The summed E-state index contributed by atoms with van der Waals surface area (Å²) in [5.41, 5.74) is 3.24. The maximum atomic E-state index is 12.3. The molecule has 5 nitrogen and oxygen atoms in total. The van der Waals surface area contributed by atoms with Crippen LogP contribution in [0.15, 0.2) is 42.5 Å². The predicted octanol–water partition coefficient (Wildman–Crippen LogP) is 4.02. The molecule has 5 heteroatoms. The number of ether oxygens (including phenoxy) is 2. The number of anilines is 2. The molecule has 2 aromatic rings. The van der Waals surface area contributed by atoms with Crippen molar-refractivity contribution in [2.24, 2.45) is 0 Å². The number of benzene rings is 2. The highest BCUT2D eigenvalue weighted by Crippen LogP contribution is 2.31. The molecule has 1 N–H and O–H groups in total. The van der Waals surface area contributed by atoms with Gasteiger partial charge in [0, 0.05) is 30.9 Å². The Balaban J connectivity index is 1.27. The van der Waals surface area contributed by atoms with Crippen LogP contribution in [0.3, 0.4) is 0 Å². The van der Waals surface area contributed by atoms with Crippen molar-refractivity contribution < 1.29 is 14.3 Å². The highest BCUT2D eigenvalue weighted by atomic mass is 16.6. The average molecular weight is 366 g/mol. The van der Waals surface area contributed by atoms with Crippen molar-refractivity contribution in [3.05, 3.63) is 48.0 Å². The molecule has 2 heterocycles. The van der Waals surface area contributed by atoms with Crippen LogP contribution in [-0.2, 0) is 11.2 Å². The number of aryl methyl sites for hydroxylation is 1. The maximum absolute atomic E-state index is 12.3. The first-order valence-electron chi connectivity index (χ1n) is 9.81. The number of carbonyl (C=O) groups excluding carboxylic acids is 1. The lowest BCUT2D eigenvalue weighted by molar-refractivity contribution is -0.116. The van der Waals surface area contributed by atoms with Gasteiger partial charge in [-0.2, -0.15) is 0 Å². The van der Waals surface area contributed by atoms with Gasteiger partial charge >= 0.3 is 0 Å². The largest absolute Gasteiger partial charge is 0.486 e. The molecule has 1 amide bonds. The molecule has 0 saturated carbocycles. The second kappa shape index (κ2) is 8.33. The molecule has 1 saturated heterocycles. The topological polar surface area (TPSA) is 50.8 Å². The smallest absolute Gasteiger partial charge is 0.224 e. The fourth-order valence-electron chi connectivity index (χ4n) is 3.68. The predicted molar refractivity (Wildman–Crippen MR) is 107 cm³/mol. The van der Waals surface area contributed by atoms with Gasteiger partial charge in [0.15, 0.2) is 11.5 Å². The van der Waals surface area contributed by atoms with E-state index in [1.165, 1.54) is 24.1 Å². The van der Waals surface area contributed by atoms with Crippen molar-refractivity contribution >= 4 is 17.3 Å². The van der Waals surface area contributed by atoms with Gasteiger partial charge in [0.05, 0.1) is 0 Å². The van der Waals surface area contributed by atoms with Crippen molar-refractivity contribution in [1.29, 1.82) is 0 Å². The van der Waals surface area contributed by atoms with Gasteiger partial charge in [-0.1, -0.05) is 12.1 Å². The van der Waals surface area contributed by atoms with Gasteiger partial charge in [0.25, 0.3) is 0 Å². The van der Waals surface area contributed by atoms with Crippen LogP contribution in [0.5, 0.6) is 11.5 Å². The number of hydrogen-bond acceptors (Lipinski definition) is 4. The Labute approximate surface area is 160 Å². The second-order valence-electron chi connectivity index (χ2n) is 7.12. The van der Waals surface area contributed by atoms with Crippen LogP contribution in [0, 0.1) is 0 Å². The summed E-state index contributed by atoms with van der Waals surface area (Å²) in [5.74, 6) is 1.67. The first-order valence-corrected chi connectivity index (χ1v) is 9.81. The van der Waals surface area contributed by atoms with Gasteiger partial charge in [-0.25, -0.2) is 0 Å². The SMILES string of the molecule is O=C(CCCc1ccc2c(c1)OCCO2)Nc1cccc(N2CCCC2)c1. The maximum Gasteiger partial charge on any atom is 0.224 e. The molecule has 0 spiro atoms. The zero-order valence-electron chi connectivity index (χ0n) is 15.6. The lowest BCUT2D eigenvalue weighted by Gasteiger charge is -2.19. The Hall–Kier alpha value is -2.69. The summed E-state index contributed by atoms with van der Waals surface area (Å²) >= 11 is 0. The van der Waals surface area contributed by atoms with E-state index in [1.807, 2.05) is 30.3 Å². The van der Waals surface area contributed by atoms with E-state index in [-0.39, 0.29) is 5.91 Å². The average Bonchev–Trinajstić information content (AvgIpc) is 3.23. The Morgan fingerprint density at radius 3 is 2.67 bits per heavy atom. The van der Waals surface area contributed by atoms with E-state index in [9.17, 15) is 4.79 Å². The number of nitrogens with zero attached hydrogens (tertiary/aromatic N) is 1. The van der Waals surface area contributed by atoms with Crippen LogP contribution in [0.1, 0.15) is 31.2 Å². The third-order valence-corrected chi connectivity index (χ3v) is 5.08. The molecule has 4 rings (SSSR count). The van der Waals surface area contributed by atoms with Crippen LogP contribution in [0.2, 0.25) is 0 Å². The molecule has 0 atom stereocenters. The lowest BCUT2D eigenvalue weighted by atomic mass is 10.1. The quantitative estimate of drug-likeness (QED) is 0.839. The van der Waals surface area contributed by atoms with Crippen LogP contribution in [0.4, 0.5) is 11.4 Å². The zero-order chi connectivity index (χ0) is 18.5. The van der Waals surface area contributed by atoms with E-state index in [0.29, 0.717) is 19.6 Å². The summed E-state index contributed by atoms with van der Waals surface area (Å²) in [6, 6.07) is 14.2. The second-order valence-corrected chi connectivity index (χ2v) is 7.12. The summed E-state index contributed by atoms with van der Waals surface area (Å²) in [7, 11) is 0. The third-order valence-electron chi connectivity index (χ3n) is 5.08. The molecule has 27 heavy (non-hydrogen) atoms. The standard InChI is InChI=1S/C22H26N2O3/c25-22(23-18-6-4-7-19(16-18)24-11-1-2-12-24)8-3-5-17-9-10-20-21(15-17)27-14-13-26-20/h4,6-7,9-10,15-16H,1-3,5,8,11-14H2,(H,23,25). The Morgan fingerprint density at radius 2 is 1.81 bits per heavy atom. The first kappa shape index (κ1) is 17.7. The number of hydrogen-bond donors (Lipinski definition) is 1. The lowest BCUT2D eigenvalue weighted by Crippen LogP contribution is -2.18. The van der Waals surface area contributed by atoms with Crippen molar-refractivity contribution in [2.75, 3.05) is 36.5 Å². The molecule has 1 fully saturated rings. The number of nitrogens with one attached hydrogen (secondary N) is 1. The van der Waals surface area contributed by atoms with Crippen molar-refractivity contribution in [3.8, 4) is 11.5 Å². The van der Waals surface area contributed by atoms with Crippen LogP contribution in [-0.4, -0.2) is 32.2 Å². The Morgan fingerprint density at radius 1 is 1.00 bits per heavy atom. The highest BCUT2D eigenvalue weighted by Gasteiger charge is 2.14. The van der Waals surface area contributed by atoms with Gasteiger partial charge in [-0.15, -0.1) is 0 Å². The number of carbonyl (C=O) groups is 1. The Bertz CT molecular complexity index is 800. The molecular weight excluding hydrogens is 340 g/mol. The molecule has 0 unspecified atom stereocenters. The van der Waals surface area contributed by atoms with Crippen LogP contribution < -0.4 is 19.7 Å². The third kappa shape index (κ3) is 4.54. The van der Waals surface area contributed by atoms with Gasteiger partial charge < -0.3 is 19.7 Å². The van der Waals surface area contributed by atoms with Crippen LogP contribution >= 0.6 is 0 Å². The van der Waals surface area contributed by atoms with E-state index < -0.39 is 0 Å². The van der Waals surface area contributed by atoms with Gasteiger partial charge in [-0.3, -0.25) is 4.79 Å². The molecule has 0 radical (unpaired) electrons. The molecule has 0 aliphatic carbocycles. The summed E-state index contributed by atoms with van der Waals surface area (Å²) in [6.45, 7) is 3.40. The molecule has 2 aromatic carbocycles. The zero-order valence-corrected chi connectivity index (χ0v) is 15.6. The molecular formula is C22H26N2O3. The fourth-order valence-corrected chi connectivity index (χ4v) is 3.68. The minimum Gasteiger partial charge on any atom is -0.486 e. The molecule has 2 aliphatic rings. The summed E-state index contributed by atoms with van der Waals surface area (Å²) < 4.78 is 11.2. The van der Waals surface area contributed by atoms with E-state index in [2.05, 4.69) is 22.3 Å². The van der Waals surface area contributed by atoms with Crippen LogP contribution in [0.25, 0.3) is 0 Å². The van der Waals surface area contributed by atoms with E-state index in [0.717, 1.165) is 43.1 Å². The highest BCUT2D eigenvalue weighted by molar-refractivity contribution is 5.91. The number of rotatable bonds is 6. The van der Waals surface area contributed by atoms with E-state index >= 15 is 0 Å². The summed E-state index contributed by atoms with van der Waals surface area (Å²) in [6.07, 6.45) is 4.64. The van der Waals surface area contributed by atoms with E-state index in [1.54, 1.807) is 0 Å². The van der Waals surface area contributed by atoms with Gasteiger partial charge in [0.1, 0.15) is 13.2 Å². The minimum atomic E-state index is 0.0612. The normalized spacial score (nSPS) is 15.6. The van der Waals surface area contributed by atoms with Crippen molar-refractivity contribution in [3.63, 3.8) is 0 Å². The molecule has 142 valence electrons. The molecule has 0 bridgehead atoms. The van der Waals surface area contributed by atoms with Gasteiger partial charge in [-0.05, 0) is 61.6 Å². The first-order chi connectivity index (χ1) is 13.3. The number of amides is 1. The molecule has 0 aromatic heterocycles. The fraction of sp³-hybridized carbons (Fsp3) is 0.409. The number of fused-ring (bicyclic) bond motifs is 1. The summed E-state index contributed by atoms with van der Waals surface area (Å²) in [4.78, 5) is 14.7. The van der Waals surface area contributed by atoms with E-state index in [4.69, 9.17) is 9.47 Å². The van der Waals surface area contributed by atoms with Crippen molar-refractivity contribution in [1.82, 2.24) is 0 Å². The minimum absolute atomic E-state index is 0.0612.